The molecule has 0 unspecified atom stereocenters. The second-order valence-electron chi connectivity index (χ2n) is 5.92. The third kappa shape index (κ3) is 3.30. The summed E-state index contributed by atoms with van der Waals surface area (Å²) in [5.74, 6) is -0.0278. The number of carbonyl (C=O) groups excluding carboxylic acids is 1. The van der Waals surface area contributed by atoms with Gasteiger partial charge in [-0.15, -0.1) is 0 Å². The minimum Gasteiger partial charge on any atom is -0.359 e. The number of carbonyl (C=O) groups is 1. The minimum atomic E-state index is -0.0516. The van der Waals surface area contributed by atoms with E-state index in [2.05, 4.69) is 5.32 Å². The predicted molar refractivity (Wildman–Crippen MR) is 102 cm³/mol. The number of fused-ring (bicyclic) bond motifs is 1. The molecule has 128 valence electrons. The molecular formula is C20H19ClN2O2. The van der Waals surface area contributed by atoms with Gasteiger partial charge < -0.3 is 9.88 Å². The fourth-order valence-electron chi connectivity index (χ4n) is 3.14. The molecule has 3 rings (SSSR count). The summed E-state index contributed by atoms with van der Waals surface area (Å²) in [5, 5.41) is 4.84. The zero-order valence-electron chi connectivity index (χ0n) is 14.2. The first kappa shape index (κ1) is 17.2. The first-order chi connectivity index (χ1) is 12.0. The fraction of sp³-hybridized carbons (Fsp3) is 0.200. The summed E-state index contributed by atoms with van der Waals surface area (Å²) >= 11 is 6.01. The number of halogens is 1. The molecule has 0 spiro atoms. The molecule has 4 nitrogen and oxygen atoms in total. The summed E-state index contributed by atoms with van der Waals surface area (Å²) in [6, 6.07) is 14.9. The molecule has 0 aliphatic heterocycles. The molecule has 0 saturated heterocycles. The molecule has 1 heterocycles. The molecule has 0 aliphatic rings. The lowest BCUT2D eigenvalue weighted by molar-refractivity contribution is -0.120. The van der Waals surface area contributed by atoms with E-state index >= 15 is 0 Å². The SMILES string of the molecule is CNC(=O)CCc1c(-c2ccc(Cl)cc2)n(C)c(=O)c2ccccc12. The Hall–Kier alpha value is -2.59. The van der Waals surface area contributed by atoms with E-state index in [4.69, 9.17) is 11.6 Å². The summed E-state index contributed by atoms with van der Waals surface area (Å²) < 4.78 is 1.66. The third-order valence-electron chi connectivity index (χ3n) is 4.41. The Balaban J connectivity index is 2.29. The Labute approximate surface area is 151 Å². The van der Waals surface area contributed by atoms with Gasteiger partial charge in [-0.2, -0.15) is 0 Å². The van der Waals surface area contributed by atoms with Gasteiger partial charge in [0.25, 0.3) is 5.56 Å². The highest BCUT2D eigenvalue weighted by Crippen LogP contribution is 2.30. The van der Waals surface area contributed by atoms with Gasteiger partial charge in [0.2, 0.25) is 5.91 Å². The standard InChI is InChI=1S/C20H19ClN2O2/c1-22-18(24)12-11-16-15-5-3-4-6-17(15)20(25)23(2)19(16)13-7-9-14(21)10-8-13/h3-10H,11-12H2,1-2H3,(H,22,24). The number of benzene rings is 2. The lowest BCUT2D eigenvalue weighted by atomic mass is 9.95. The van der Waals surface area contributed by atoms with Crippen LogP contribution in [0.5, 0.6) is 0 Å². The largest absolute Gasteiger partial charge is 0.359 e. The van der Waals surface area contributed by atoms with Crippen LogP contribution in [-0.4, -0.2) is 17.5 Å². The summed E-state index contributed by atoms with van der Waals surface area (Å²) in [4.78, 5) is 24.6. The molecule has 1 N–H and O–H groups in total. The van der Waals surface area contributed by atoms with E-state index in [1.807, 2.05) is 36.4 Å². The van der Waals surface area contributed by atoms with E-state index in [9.17, 15) is 9.59 Å². The van der Waals surface area contributed by atoms with Gasteiger partial charge >= 0.3 is 0 Å². The summed E-state index contributed by atoms with van der Waals surface area (Å²) in [7, 11) is 3.39. The molecular weight excluding hydrogens is 336 g/mol. The van der Waals surface area contributed by atoms with E-state index in [-0.39, 0.29) is 11.5 Å². The first-order valence-corrected chi connectivity index (χ1v) is 8.48. The van der Waals surface area contributed by atoms with Crippen molar-refractivity contribution in [2.24, 2.45) is 7.05 Å². The molecule has 3 aromatic rings. The molecule has 0 aliphatic carbocycles. The van der Waals surface area contributed by atoms with Gasteiger partial charge in [-0.3, -0.25) is 9.59 Å². The highest BCUT2D eigenvalue weighted by Gasteiger charge is 2.16. The number of pyridine rings is 1. The Kier molecular flexibility index (Phi) is 4.91. The number of hydrogen-bond acceptors (Lipinski definition) is 2. The number of rotatable bonds is 4. The van der Waals surface area contributed by atoms with E-state index in [0.717, 1.165) is 22.2 Å². The lowest BCUT2D eigenvalue weighted by Crippen LogP contribution is -2.22. The zero-order valence-corrected chi connectivity index (χ0v) is 14.9. The Morgan fingerprint density at radius 3 is 2.36 bits per heavy atom. The van der Waals surface area contributed by atoms with Crippen molar-refractivity contribution in [1.82, 2.24) is 9.88 Å². The van der Waals surface area contributed by atoms with Crippen LogP contribution in [0.3, 0.4) is 0 Å². The minimum absolute atomic E-state index is 0.0278. The van der Waals surface area contributed by atoms with Gasteiger partial charge in [-0.25, -0.2) is 0 Å². The maximum absolute atomic E-state index is 12.8. The molecule has 0 radical (unpaired) electrons. The Morgan fingerprint density at radius 2 is 1.72 bits per heavy atom. The van der Waals surface area contributed by atoms with Crippen molar-refractivity contribution in [3.63, 3.8) is 0 Å². The van der Waals surface area contributed by atoms with Crippen molar-refractivity contribution in [3.05, 3.63) is 69.5 Å². The first-order valence-electron chi connectivity index (χ1n) is 8.10. The summed E-state index contributed by atoms with van der Waals surface area (Å²) in [5.41, 5.74) is 2.67. The van der Waals surface area contributed by atoms with Crippen molar-refractivity contribution >= 4 is 28.3 Å². The van der Waals surface area contributed by atoms with Crippen molar-refractivity contribution in [2.75, 3.05) is 7.05 Å². The number of nitrogens with one attached hydrogen (secondary N) is 1. The van der Waals surface area contributed by atoms with Crippen LogP contribution in [0.25, 0.3) is 22.0 Å². The van der Waals surface area contributed by atoms with Crippen molar-refractivity contribution in [1.29, 1.82) is 0 Å². The molecule has 25 heavy (non-hydrogen) atoms. The Bertz CT molecular complexity index is 991. The number of hydrogen-bond donors (Lipinski definition) is 1. The average Bonchev–Trinajstić information content (AvgIpc) is 2.64. The summed E-state index contributed by atoms with van der Waals surface area (Å²) in [6.07, 6.45) is 0.908. The number of amides is 1. The molecule has 1 amide bonds. The van der Waals surface area contributed by atoms with Crippen LogP contribution in [0.4, 0.5) is 0 Å². The second kappa shape index (κ2) is 7.11. The van der Waals surface area contributed by atoms with Crippen molar-refractivity contribution in [3.8, 4) is 11.3 Å². The molecule has 2 aromatic carbocycles. The van der Waals surface area contributed by atoms with Gasteiger partial charge in [0, 0.05) is 30.9 Å². The summed E-state index contributed by atoms with van der Waals surface area (Å²) in [6.45, 7) is 0. The van der Waals surface area contributed by atoms with Gasteiger partial charge in [-0.1, -0.05) is 41.9 Å². The maximum atomic E-state index is 12.8. The quantitative estimate of drug-likeness (QED) is 0.779. The smallest absolute Gasteiger partial charge is 0.258 e. The van der Waals surface area contributed by atoms with Crippen molar-refractivity contribution in [2.45, 2.75) is 12.8 Å². The topological polar surface area (TPSA) is 51.1 Å². The Morgan fingerprint density at radius 1 is 1.08 bits per heavy atom. The predicted octanol–water partition coefficient (Wildman–Crippen LogP) is 3.54. The van der Waals surface area contributed by atoms with Crippen LogP contribution in [0.2, 0.25) is 5.02 Å². The maximum Gasteiger partial charge on any atom is 0.258 e. The molecule has 0 bridgehead atoms. The van der Waals surface area contributed by atoms with Crippen molar-refractivity contribution < 1.29 is 4.79 Å². The van der Waals surface area contributed by atoms with Crippen LogP contribution in [0.15, 0.2) is 53.3 Å². The van der Waals surface area contributed by atoms with E-state index in [0.29, 0.717) is 23.3 Å². The molecule has 5 heteroatoms. The van der Waals surface area contributed by atoms with Gasteiger partial charge in [0.05, 0.1) is 5.69 Å². The highest BCUT2D eigenvalue weighted by atomic mass is 35.5. The van der Waals surface area contributed by atoms with E-state index in [1.54, 1.807) is 30.8 Å². The molecule has 0 atom stereocenters. The molecule has 1 aromatic heterocycles. The van der Waals surface area contributed by atoms with Crippen LogP contribution in [-0.2, 0) is 18.3 Å². The third-order valence-corrected chi connectivity index (χ3v) is 4.66. The molecule has 0 fully saturated rings. The van der Waals surface area contributed by atoms with Gasteiger partial charge in [0.15, 0.2) is 0 Å². The van der Waals surface area contributed by atoms with Crippen LogP contribution < -0.4 is 10.9 Å². The normalized spacial score (nSPS) is 10.8. The van der Waals surface area contributed by atoms with Crippen LogP contribution >= 0.6 is 11.6 Å². The van der Waals surface area contributed by atoms with Gasteiger partial charge in [0.1, 0.15) is 0 Å². The fourth-order valence-corrected chi connectivity index (χ4v) is 3.26. The lowest BCUT2D eigenvalue weighted by Gasteiger charge is -2.17. The van der Waals surface area contributed by atoms with Crippen LogP contribution in [0, 0.1) is 0 Å². The van der Waals surface area contributed by atoms with E-state index < -0.39 is 0 Å². The zero-order chi connectivity index (χ0) is 18.0. The number of aromatic nitrogens is 1. The highest BCUT2D eigenvalue weighted by molar-refractivity contribution is 6.30. The number of nitrogens with zero attached hydrogens (tertiary/aromatic N) is 1. The average molecular weight is 355 g/mol. The van der Waals surface area contributed by atoms with E-state index in [1.165, 1.54) is 0 Å². The van der Waals surface area contributed by atoms with Crippen LogP contribution in [0.1, 0.15) is 12.0 Å². The van der Waals surface area contributed by atoms with Gasteiger partial charge in [-0.05, 0) is 41.1 Å². The second-order valence-corrected chi connectivity index (χ2v) is 6.35. The molecule has 0 saturated carbocycles. The number of aryl methyl sites for hydroxylation is 1. The monoisotopic (exact) mass is 354 g/mol.